The van der Waals surface area contributed by atoms with E-state index in [1.54, 1.807) is 17.0 Å². The zero-order valence-electron chi connectivity index (χ0n) is 16.5. The number of piperidine rings is 1. The lowest BCUT2D eigenvalue weighted by Gasteiger charge is -2.32. The Labute approximate surface area is 182 Å². The maximum Gasteiger partial charge on any atom is 0.254 e. The third kappa shape index (κ3) is 6.21. The van der Waals surface area contributed by atoms with Crippen molar-refractivity contribution in [1.82, 2.24) is 15.2 Å². The van der Waals surface area contributed by atoms with Crippen LogP contribution in [0, 0.1) is 17.6 Å². The maximum absolute atomic E-state index is 13.6. The van der Waals surface area contributed by atoms with Crippen LogP contribution >= 0.6 is 11.6 Å². The molecule has 1 aromatic heterocycles. The summed E-state index contributed by atoms with van der Waals surface area (Å²) < 4.78 is 26.6. The van der Waals surface area contributed by atoms with E-state index in [2.05, 4.69) is 15.6 Å². The second-order valence-electron chi connectivity index (χ2n) is 7.16. The van der Waals surface area contributed by atoms with E-state index in [0.717, 1.165) is 12.1 Å². The molecule has 1 aromatic carbocycles. The van der Waals surface area contributed by atoms with Crippen molar-refractivity contribution in [3.05, 3.63) is 58.7 Å². The lowest BCUT2D eigenvalue weighted by molar-refractivity contribution is -0.134. The molecule has 1 atom stereocenters. The fourth-order valence-electron chi connectivity index (χ4n) is 3.31. The van der Waals surface area contributed by atoms with Gasteiger partial charge in [-0.3, -0.25) is 14.4 Å². The van der Waals surface area contributed by atoms with Crippen LogP contribution in [0.3, 0.4) is 0 Å². The summed E-state index contributed by atoms with van der Waals surface area (Å²) in [6.07, 6.45) is 2.75. The van der Waals surface area contributed by atoms with Gasteiger partial charge in [0, 0.05) is 38.3 Å². The maximum atomic E-state index is 13.6. The zero-order valence-corrected chi connectivity index (χ0v) is 17.3. The Morgan fingerprint density at radius 1 is 1.19 bits per heavy atom. The molecular formula is C21H21ClF2N4O3. The average Bonchev–Trinajstić information content (AvgIpc) is 2.75. The summed E-state index contributed by atoms with van der Waals surface area (Å²) in [6, 6.07) is 5.87. The van der Waals surface area contributed by atoms with Gasteiger partial charge < -0.3 is 15.5 Å². The van der Waals surface area contributed by atoms with Gasteiger partial charge in [-0.2, -0.15) is 0 Å². The number of rotatable bonds is 6. The second-order valence-corrected chi connectivity index (χ2v) is 7.60. The van der Waals surface area contributed by atoms with Crippen LogP contribution in [0.15, 0.2) is 36.5 Å². The van der Waals surface area contributed by atoms with Crippen LogP contribution in [0.25, 0.3) is 0 Å². The Bertz CT molecular complexity index is 972. The molecule has 2 N–H and O–H groups in total. The molecule has 7 nitrogen and oxygen atoms in total. The van der Waals surface area contributed by atoms with Crippen LogP contribution in [-0.2, 0) is 9.59 Å². The Kier molecular flexibility index (Phi) is 7.51. The van der Waals surface area contributed by atoms with Gasteiger partial charge in [-0.25, -0.2) is 13.8 Å². The number of hydrogen-bond acceptors (Lipinski definition) is 4. The van der Waals surface area contributed by atoms with Gasteiger partial charge in [-0.05, 0) is 37.1 Å². The predicted molar refractivity (Wildman–Crippen MR) is 110 cm³/mol. The Balaban J connectivity index is 1.47. The minimum Gasteiger partial charge on any atom is -0.351 e. The number of carbonyl (C=O) groups excluding carboxylic acids is 3. The first-order valence-corrected chi connectivity index (χ1v) is 10.1. The summed E-state index contributed by atoms with van der Waals surface area (Å²) in [5, 5.41) is 5.63. The molecule has 2 aromatic rings. The molecule has 0 aliphatic carbocycles. The molecule has 1 unspecified atom stereocenters. The van der Waals surface area contributed by atoms with Gasteiger partial charge in [0.15, 0.2) is 0 Å². The molecule has 1 saturated heterocycles. The van der Waals surface area contributed by atoms with E-state index in [4.69, 9.17) is 11.6 Å². The minimum atomic E-state index is -0.969. The van der Waals surface area contributed by atoms with Gasteiger partial charge in [0.1, 0.15) is 17.5 Å². The monoisotopic (exact) mass is 450 g/mol. The number of benzene rings is 1. The number of likely N-dealkylation sites (tertiary alicyclic amines) is 1. The number of anilines is 1. The van der Waals surface area contributed by atoms with Crippen molar-refractivity contribution < 1.29 is 23.2 Å². The molecule has 3 amide bonds. The van der Waals surface area contributed by atoms with Gasteiger partial charge in [0.2, 0.25) is 11.8 Å². The summed E-state index contributed by atoms with van der Waals surface area (Å²) in [5.74, 6) is -2.92. The zero-order chi connectivity index (χ0) is 22.4. The fraction of sp³-hybridized carbons (Fsp3) is 0.333. The lowest BCUT2D eigenvalue weighted by Crippen LogP contribution is -2.44. The van der Waals surface area contributed by atoms with E-state index in [1.807, 2.05) is 0 Å². The van der Waals surface area contributed by atoms with Crippen molar-refractivity contribution in [2.45, 2.75) is 19.3 Å². The molecule has 3 rings (SSSR count). The van der Waals surface area contributed by atoms with Gasteiger partial charge in [-0.15, -0.1) is 0 Å². The highest BCUT2D eigenvalue weighted by Crippen LogP contribution is 2.19. The van der Waals surface area contributed by atoms with Crippen LogP contribution in [-0.4, -0.2) is 47.2 Å². The van der Waals surface area contributed by atoms with E-state index >= 15 is 0 Å². The minimum absolute atomic E-state index is 0.00162. The van der Waals surface area contributed by atoms with Crippen molar-refractivity contribution in [2.75, 3.05) is 25.0 Å². The van der Waals surface area contributed by atoms with Crippen LogP contribution in [0.5, 0.6) is 0 Å². The Morgan fingerprint density at radius 3 is 2.71 bits per heavy atom. The molecule has 1 aliphatic heterocycles. The quantitative estimate of drug-likeness (QED) is 0.707. The standard InChI is InChI=1S/C21H21ClF2N4O3/c22-14-3-6-18(26-11-14)27-20(30)13-2-1-9-28(12-13)19(29)7-8-25-21(31)16-5-4-15(23)10-17(16)24/h3-6,10-11,13H,1-2,7-9,12H2,(H,25,31)(H,26,27,30). The molecule has 0 bridgehead atoms. The molecule has 1 fully saturated rings. The third-order valence-electron chi connectivity index (χ3n) is 4.92. The topological polar surface area (TPSA) is 91.4 Å². The Hall–Kier alpha value is -3.07. The van der Waals surface area contributed by atoms with Crippen molar-refractivity contribution in [1.29, 1.82) is 0 Å². The smallest absolute Gasteiger partial charge is 0.254 e. The van der Waals surface area contributed by atoms with Gasteiger partial charge >= 0.3 is 0 Å². The highest BCUT2D eigenvalue weighted by Gasteiger charge is 2.28. The summed E-state index contributed by atoms with van der Waals surface area (Å²) >= 11 is 5.78. The second kappa shape index (κ2) is 10.3. The van der Waals surface area contributed by atoms with Crippen LogP contribution in [0.1, 0.15) is 29.6 Å². The normalized spacial score (nSPS) is 16.0. The molecule has 0 spiro atoms. The van der Waals surface area contributed by atoms with Crippen molar-refractivity contribution >= 4 is 35.1 Å². The van der Waals surface area contributed by atoms with Crippen molar-refractivity contribution in [3.8, 4) is 0 Å². The number of aromatic nitrogens is 1. The third-order valence-corrected chi connectivity index (χ3v) is 5.15. The summed E-state index contributed by atoms with van der Waals surface area (Å²) in [7, 11) is 0. The SMILES string of the molecule is O=C(NCCC(=O)N1CCCC(C(=O)Nc2ccc(Cl)cn2)C1)c1ccc(F)cc1F. The van der Waals surface area contributed by atoms with Gasteiger partial charge in [0.05, 0.1) is 16.5 Å². The number of nitrogens with zero attached hydrogens (tertiary/aromatic N) is 2. The van der Waals surface area contributed by atoms with E-state index in [1.165, 1.54) is 6.20 Å². The number of nitrogens with one attached hydrogen (secondary N) is 2. The molecule has 2 heterocycles. The number of hydrogen-bond donors (Lipinski definition) is 2. The largest absolute Gasteiger partial charge is 0.351 e. The molecule has 0 saturated carbocycles. The molecule has 164 valence electrons. The van der Waals surface area contributed by atoms with E-state index in [-0.39, 0.29) is 42.8 Å². The highest BCUT2D eigenvalue weighted by molar-refractivity contribution is 6.30. The fourth-order valence-corrected chi connectivity index (χ4v) is 3.42. The number of carbonyl (C=O) groups is 3. The average molecular weight is 451 g/mol. The molecular weight excluding hydrogens is 430 g/mol. The molecule has 31 heavy (non-hydrogen) atoms. The first-order chi connectivity index (χ1) is 14.8. The molecule has 10 heteroatoms. The van der Waals surface area contributed by atoms with Crippen LogP contribution in [0.2, 0.25) is 5.02 Å². The first-order valence-electron chi connectivity index (χ1n) is 9.77. The van der Waals surface area contributed by atoms with Gasteiger partial charge in [0.25, 0.3) is 5.91 Å². The van der Waals surface area contributed by atoms with Crippen molar-refractivity contribution in [3.63, 3.8) is 0 Å². The number of halogens is 3. The van der Waals surface area contributed by atoms with Crippen molar-refractivity contribution in [2.24, 2.45) is 5.92 Å². The lowest BCUT2D eigenvalue weighted by atomic mass is 9.97. The van der Waals surface area contributed by atoms with Crippen LogP contribution < -0.4 is 10.6 Å². The van der Waals surface area contributed by atoms with E-state index in [0.29, 0.717) is 36.3 Å². The summed E-state index contributed by atoms with van der Waals surface area (Å²) in [6.45, 7) is 0.775. The Morgan fingerprint density at radius 2 is 2.00 bits per heavy atom. The molecule has 1 aliphatic rings. The van der Waals surface area contributed by atoms with E-state index < -0.39 is 17.5 Å². The van der Waals surface area contributed by atoms with E-state index in [9.17, 15) is 23.2 Å². The number of amides is 3. The summed E-state index contributed by atoms with van der Waals surface area (Å²) in [5.41, 5.74) is -0.292. The van der Waals surface area contributed by atoms with Gasteiger partial charge in [-0.1, -0.05) is 11.6 Å². The number of pyridine rings is 1. The van der Waals surface area contributed by atoms with Crippen LogP contribution in [0.4, 0.5) is 14.6 Å². The predicted octanol–water partition coefficient (Wildman–Crippen LogP) is 3.01. The summed E-state index contributed by atoms with van der Waals surface area (Å²) in [4.78, 5) is 42.6. The first kappa shape index (κ1) is 22.6. The molecule has 0 radical (unpaired) electrons. The highest BCUT2D eigenvalue weighted by atomic mass is 35.5.